The van der Waals surface area contributed by atoms with Crippen LogP contribution in [0.25, 0.3) is 0 Å². The quantitative estimate of drug-likeness (QED) is 0.251. The molecule has 1 aromatic rings. The molecule has 0 saturated carbocycles. The number of esters is 1. The fourth-order valence-electron chi connectivity index (χ4n) is 3.24. The molecule has 0 fully saturated rings. The molecular weight excluding hydrogens is 410 g/mol. The van der Waals surface area contributed by atoms with Gasteiger partial charge in [-0.05, 0) is 45.7 Å². The minimum atomic E-state index is -0.497. The first kappa shape index (κ1) is 27.6. The van der Waals surface area contributed by atoms with Crippen molar-refractivity contribution in [3.8, 4) is 11.5 Å². The average Bonchev–Trinajstić information content (AvgIpc) is 2.71. The van der Waals surface area contributed by atoms with E-state index in [-0.39, 0.29) is 17.4 Å². The predicted octanol–water partition coefficient (Wildman–Crippen LogP) is 5.98. The van der Waals surface area contributed by atoms with Crippen molar-refractivity contribution in [3.63, 3.8) is 0 Å². The molecular formula is C25H41NO6. The molecule has 1 amide bonds. The van der Waals surface area contributed by atoms with Crippen LogP contribution in [0.15, 0.2) is 18.2 Å². The van der Waals surface area contributed by atoms with E-state index in [1.807, 2.05) is 20.8 Å². The second-order valence-corrected chi connectivity index (χ2v) is 9.02. The molecule has 2 N–H and O–H groups in total. The number of amides is 1. The first-order valence-electron chi connectivity index (χ1n) is 11.7. The summed E-state index contributed by atoms with van der Waals surface area (Å²) in [5.74, 6) is -0.0304. The second-order valence-electron chi connectivity index (χ2n) is 9.02. The molecule has 0 saturated heterocycles. The molecule has 0 atom stereocenters. The van der Waals surface area contributed by atoms with Gasteiger partial charge in [-0.2, -0.15) is 0 Å². The number of hydrogen-bond donors (Lipinski definition) is 2. The number of benzene rings is 1. The number of unbranched alkanes of at least 4 members (excludes halogenated alkanes) is 9. The number of hydrogen-bond acceptors (Lipinski definition) is 6. The van der Waals surface area contributed by atoms with Crippen molar-refractivity contribution in [3.05, 3.63) is 23.8 Å². The summed E-state index contributed by atoms with van der Waals surface area (Å²) in [5.41, 5.74) is -0.166. The zero-order chi connectivity index (χ0) is 23.8. The molecule has 7 heteroatoms. The lowest BCUT2D eigenvalue weighted by molar-refractivity contribution is 0.0525. The SMILES string of the molecule is COC(=O)c1cc(O)cc(OCCCCCCCCCCCCNC(=O)OC(C)(C)C)c1. The summed E-state index contributed by atoms with van der Waals surface area (Å²) < 4.78 is 15.5. The minimum absolute atomic E-state index is 0.0118. The Morgan fingerprint density at radius 2 is 1.44 bits per heavy atom. The van der Waals surface area contributed by atoms with Crippen molar-refractivity contribution in [2.24, 2.45) is 0 Å². The molecule has 0 aliphatic rings. The number of ether oxygens (including phenoxy) is 3. The van der Waals surface area contributed by atoms with Crippen molar-refractivity contribution < 1.29 is 28.9 Å². The van der Waals surface area contributed by atoms with Crippen molar-refractivity contribution in [2.45, 2.75) is 90.6 Å². The highest BCUT2D eigenvalue weighted by Gasteiger charge is 2.15. The van der Waals surface area contributed by atoms with Gasteiger partial charge in [0.05, 0.1) is 19.3 Å². The third kappa shape index (κ3) is 13.8. The summed E-state index contributed by atoms with van der Waals surface area (Å²) in [7, 11) is 1.31. The number of methoxy groups -OCH3 is 1. The van der Waals surface area contributed by atoms with Gasteiger partial charge >= 0.3 is 12.1 Å². The molecule has 0 aliphatic carbocycles. The molecule has 182 valence electrons. The van der Waals surface area contributed by atoms with Gasteiger partial charge in [-0.3, -0.25) is 0 Å². The van der Waals surface area contributed by atoms with E-state index >= 15 is 0 Å². The first-order chi connectivity index (χ1) is 15.2. The molecule has 0 aromatic heterocycles. The predicted molar refractivity (Wildman–Crippen MR) is 125 cm³/mol. The van der Waals surface area contributed by atoms with Gasteiger partial charge in [0, 0.05) is 12.6 Å². The lowest BCUT2D eigenvalue weighted by Gasteiger charge is -2.19. The molecule has 0 spiro atoms. The van der Waals surface area contributed by atoms with Crippen molar-refractivity contribution in [1.29, 1.82) is 0 Å². The third-order valence-electron chi connectivity index (χ3n) is 4.82. The van der Waals surface area contributed by atoms with E-state index in [0.29, 0.717) is 18.9 Å². The van der Waals surface area contributed by atoms with Crippen LogP contribution in [-0.2, 0) is 9.47 Å². The number of phenolic OH excluding ortho intramolecular Hbond substituents is 1. The zero-order valence-electron chi connectivity index (χ0n) is 20.2. The molecule has 0 aliphatic heterocycles. The topological polar surface area (TPSA) is 94.1 Å². The lowest BCUT2D eigenvalue weighted by atomic mass is 10.1. The highest BCUT2D eigenvalue weighted by atomic mass is 16.6. The van der Waals surface area contributed by atoms with Gasteiger partial charge in [-0.15, -0.1) is 0 Å². The van der Waals surface area contributed by atoms with Gasteiger partial charge < -0.3 is 24.6 Å². The standard InChI is InChI=1S/C25H41NO6/c1-25(2,3)32-24(29)26-15-13-11-9-7-5-6-8-10-12-14-16-31-22-18-20(23(28)30-4)17-21(27)19-22/h17-19,27H,5-16H2,1-4H3,(H,26,29). The lowest BCUT2D eigenvalue weighted by Crippen LogP contribution is -2.32. The van der Waals surface area contributed by atoms with Crippen LogP contribution in [0.4, 0.5) is 4.79 Å². The average molecular weight is 452 g/mol. The van der Waals surface area contributed by atoms with Crippen molar-refractivity contribution in [2.75, 3.05) is 20.3 Å². The minimum Gasteiger partial charge on any atom is -0.508 e. The summed E-state index contributed by atoms with van der Waals surface area (Å²) in [6.45, 7) is 6.81. The van der Waals surface area contributed by atoms with Crippen LogP contribution in [0.2, 0.25) is 0 Å². The van der Waals surface area contributed by atoms with Crippen LogP contribution in [0.1, 0.15) is 95.3 Å². The van der Waals surface area contributed by atoms with Crippen LogP contribution in [0.5, 0.6) is 11.5 Å². The van der Waals surface area contributed by atoms with Crippen LogP contribution in [-0.4, -0.2) is 43.0 Å². The molecule has 1 aromatic carbocycles. The van der Waals surface area contributed by atoms with E-state index in [9.17, 15) is 14.7 Å². The Kier molecular flexibility index (Phi) is 13.3. The number of nitrogens with one attached hydrogen (secondary N) is 1. The first-order valence-corrected chi connectivity index (χ1v) is 11.7. The van der Waals surface area contributed by atoms with E-state index in [1.54, 1.807) is 6.07 Å². The summed E-state index contributed by atoms with van der Waals surface area (Å²) in [5, 5.41) is 12.5. The maximum absolute atomic E-state index is 11.6. The fourth-order valence-corrected chi connectivity index (χ4v) is 3.24. The van der Waals surface area contributed by atoms with E-state index in [2.05, 4.69) is 10.1 Å². The Labute approximate surface area is 192 Å². The second kappa shape index (κ2) is 15.4. The van der Waals surface area contributed by atoms with Crippen molar-refractivity contribution >= 4 is 12.1 Å². The molecule has 0 heterocycles. The number of aromatic hydroxyl groups is 1. The largest absolute Gasteiger partial charge is 0.508 e. The van der Waals surface area contributed by atoms with Crippen LogP contribution in [0, 0.1) is 0 Å². The Bertz CT molecular complexity index is 683. The summed E-state index contributed by atoms with van der Waals surface area (Å²) in [4.78, 5) is 23.1. The van der Waals surface area contributed by atoms with E-state index in [0.717, 1.165) is 25.7 Å². The Hall–Kier alpha value is -2.44. The number of phenols is 1. The summed E-state index contributed by atoms with van der Waals surface area (Å²) >= 11 is 0. The number of carbonyl (C=O) groups excluding carboxylic acids is 2. The Morgan fingerprint density at radius 1 is 0.875 bits per heavy atom. The molecule has 0 unspecified atom stereocenters. The van der Waals surface area contributed by atoms with Gasteiger partial charge in [0.15, 0.2) is 0 Å². The van der Waals surface area contributed by atoms with Gasteiger partial charge in [-0.25, -0.2) is 9.59 Å². The van der Waals surface area contributed by atoms with Gasteiger partial charge in [0.1, 0.15) is 17.1 Å². The molecule has 7 nitrogen and oxygen atoms in total. The number of carbonyl (C=O) groups is 2. The van der Waals surface area contributed by atoms with Gasteiger partial charge in [0.2, 0.25) is 0 Å². The highest BCUT2D eigenvalue weighted by Crippen LogP contribution is 2.22. The fraction of sp³-hybridized carbons (Fsp3) is 0.680. The Balaban J connectivity index is 1.94. The molecule has 1 rings (SSSR count). The van der Waals surface area contributed by atoms with E-state index in [1.165, 1.54) is 57.8 Å². The van der Waals surface area contributed by atoms with Crippen LogP contribution < -0.4 is 10.1 Å². The normalized spacial score (nSPS) is 11.1. The summed E-state index contributed by atoms with van der Waals surface area (Å²) in [6, 6.07) is 4.44. The van der Waals surface area contributed by atoms with Crippen molar-refractivity contribution in [1.82, 2.24) is 5.32 Å². The van der Waals surface area contributed by atoms with Gasteiger partial charge in [-0.1, -0.05) is 51.4 Å². The smallest absolute Gasteiger partial charge is 0.407 e. The number of alkyl carbamates (subject to hydrolysis) is 1. The Morgan fingerprint density at radius 3 is 2.00 bits per heavy atom. The zero-order valence-corrected chi connectivity index (χ0v) is 20.2. The highest BCUT2D eigenvalue weighted by molar-refractivity contribution is 5.90. The maximum Gasteiger partial charge on any atom is 0.407 e. The van der Waals surface area contributed by atoms with Crippen LogP contribution >= 0.6 is 0 Å². The molecule has 32 heavy (non-hydrogen) atoms. The molecule has 0 radical (unpaired) electrons. The summed E-state index contributed by atoms with van der Waals surface area (Å²) in [6.07, 6.45) is 11.1. The third-order valence-corrected chi connectivity index (χ3v) is 4.82. The van der Waals surface area contributed by atoms with E-state index < -0.39 is 11.6 Å². The molecule has 0 bridgehead atoms. The number of rotatable bonds is 15. The monoisotopic (exact) mass is 451 g/mol. The van der Waals surface area contributed by atoms with E-state index in [4.69, 9.17) is 9.47 Å². The maximum atomic E-state index is 11.6. The van der Waals surface area contributed by atoms with Crippen LogP contribution in [0.3, 0.4) is 0 Å². The van der Waals surface area contributed by atoms with Gasteiger partial charge in [0.25, 0.3) is 0 Å².